The van der Waals surface area contributed by atoms with E-state index < -0.39 is 5.54 Å². The zero-order valence-electron chi connectivity index (χ0n) is 7.95. The Morgan fingerprint density at radius 3 is 2.46 bits per heavy atom. The van der Waals surface area contributed by atoms with Crippen LogP contribution < -0.4 is 17.2 Å². The van der Waals surface area contributed by atoms with Crippen molar-refractivity contribution in [1.82, 2.24) is 0 Å². The Kier molecular flexibility index (Phi) is 2.30. The molecule has 5 heteroatoms. The van der Waals surface area contributed by atoms with E-state index in [1.807, 2.05) is 13.8 Å². The van der Waals surface area contributed by atoms with Crippen LogP contribution in [0.4, 0.5) is 0 Å². The number of ketones is 1. The second-order valence-corrected chi connectivity index (χ2v) is 3.83. The highest BCUT2D eigenvalue weighted by Crippen LogP contribution is 2.39. The van der Waals surface area contributed by atoms with Crippen LogP contribution in [0, 0.1) is 5.92 Å². The molecule has 1 rings (SSSR count). The van der Waals surface area contributed by atoms with Crippen LogP contribution in [0.25, 0.3) is 0 Å². The van der Waals surface area contributed by atoms with Crippen LogP contribution in [0.1, 0.15) is 20.3 Å². The van der Waals surface area contributed by atoms with E-state index >= 15 is 0 Å². The summed E-state index contributed by atoms with van der Waals surface area (Å²) in [6.07, 6.45) is 0.557. The van der Waals surface area contributed by atoms with Crippen molar-refractivity contribution in [2.24, 2.45) is 28.1 Å². The molecule has 1 aliphatic rings. The molecule has 1 fully saturated rings. The second kappa shape index (κ2) is 2.99. The molecule has 0 aromatic heterocycles. The van der Waals surface area contributed by atoms with E-state index in [0.717, 1.165) is 0 Å². The first kappa shape index (κ1) is 9.98. The molecule has 0 heterocycles. The number of carbonyl (C=O) groups excluding carboxylic acids is 1. The first-order valence-corrected chi connectivity index (χ1v) is 4.30. The third kappa shape index (κ3) is 1.80. The molecule has 0 spiro atoms. The highest BCUT2D eigenvalue weighted by atomic mass is 16.1. The van der Waals surface area contributed by atoms with Gasteiger partial charge in [0.15, 0.2) is 11.7 Å². The van der Waals surface area contributed by atoms with E-state index in [-0.39, 0.29) is 23.7 Å². The zero-order valence-corrected chi connectivity index (χ0v) is 7.95. The van der Waals surface area contributed by atoms with Crippen molar-refractivity contribution in [1.29, 1.82) is 0 Å². The van der Waals surface area contributed by atoms with Gasteiger partial charge in [-0.2, -0.15) is 0 Å². The number of nitrogens with two attached hydrogens (primary N) is 3. The monoisotopic (exact) mass is 184 g/mol. The Hall–Kier alpha value is -1.10. The van der Waals surface area contributed by atoms with Gasteiger partial charge in [0.1, 0.15) is 5.54 Å². The fraction of sp³-hybridized carbons (Fsp3) is 0.750. The molecule has 1 saturated carbocycles. The smallest absolute Gasteiger partial charge is 0.186 e. The molecule has 0 amide bonds. The topological polar surface area (TPSA) is 107 Å². The van der Waals surface area contributed by atoms with Gasteiger partial charge < -0.3 is 17.2 Å². The molecule has 13 heavy (non-hydrogen) atoms. The summed E-state index contributed by atoms with van der Waals surface area (Å²) in [5.41, 5.74) is 15.4. The maximum Gasteiger partial charge on any atom is 0.186 e. The fourth-order valence-corrected chi connectivity index (χ4v) is 1.40. The summed E-state index contributed by atoms with van der Waals surface area (Å²) in [5.74, 6) is -0.0411. The minimum Gasteiger partial charge on any atom is -0.370 e. The molecular weight excluding hydrogens is 168 g/mol. The number of guanidine groups is 1. The maximum atomic E-state index is 11.5. The van der Waals surface area contributed by atoms with Gasteiger partial charge >= 0.3 is 0 Å². The van der Waals surface area contributed by atoms with Crippen LogP contribution in [-0.2, 0) is 4.79 Å². The van der Waals surface area contributed by atoms with Gasteiger partial charge in [-0.25, -0.2) is 4.99 Å². The van der Waals surface area contributed by atoms with E-state index in [9.17, 15) is 4.79 Å². The predicted octanol–water partition coefficient (Wildman–Crippen LogP) is -1.05. The summed E-state index contributed by atoms with van der Waals surface area (Å²) in [4.78, 5) is 15.4. The molecule has 0 aromatic rings. The Bertz CT molecular complexity index is 257. The van der Waals surface area contributed by atoms with Crippen LogP contribution in [0.5, 0.6) is 0 Å². The summed E-state index contributed by atoms with van der Waals surface area (Å²) in [5, 5.41) is 0. The first-order chi connectivity index (χ1) is 5.88. The van der Waals surface area contributed by atoms with Gasteiger partial charge in [0.25, 0.3) is 0 Å². The molecule has 2 atom stereocenters. The summed E-state index contributed by atoms with van der Waals surface area (Å²) in [6, 6.07) is -0.215. The lowest BCUT2D eigenvalue weighted by Gasteiger charge is -2.10. The highest BCUT2D eigenvalue weighted by Gasteiger charge is 2.57. The molecular formula is C8H16N4O. The molecule has 0 aromatic carbocycles. The van der Waals surface area contributed by atoms with Gasteiger partial charge in [-0.1, -0.05) is 13.8 Å². The zero-order chi connectivity index (χ0) is 10.2. The maximum absolute atomic E-state index is 11.5. The van der Waals surface area contributed by atoms with Crippen molar-refractivity contribution >= 4 is 11.7 Å². The number of rotatable bonds is 3. The van der Waals surface area contributed by atoms with Gasteiger partial charge in [0.2, 0.25) is 0 Å². The number of nitrogens with zero attached hydrogens (tertiary/aromatic N) is 1. The van der Waals surface area contributed by atoms with E-state index in [4.69, 9.17) is 17.2 Å². The molecule has 1 aliphatic carbocycles. The van der Waals surface area contributed by atoms with E-state index in [1.54, 1.807) is 0 Å². The number of aliphatic imine (C=N–C) groups is 1. The normalized spacial score (nSPS) is 31.5. The average molecular weight is 184 g/mol. The number of hydrogen-bond donors (Lipinski definition) is 3. The first-order valence-electron chi connectivity index (χ1n) is 4.30. The number of hydrogen-bond acceptors (Lipinski definition) is 3. The molecule has 0 aliphatic heterocycles. The highest BCUT2D eigenvalue weighted by molar-refractivity contribution is 5.94. The summed E-state index contributed by atoms with van der Waals surface area (Å²) in [6.45, 7) is 3.64. The third-order valence-corrected chi connectivity index (χ3v) is 2.25. The van der Waals surface area contributed by atoms with Crippen LogP contribution in [0.15, 0.2) is 4.99 Å². The number of carbonyl (C=O) groups is 1. The largest absolute Gasteiger partial charge is 0.370 e. The quantitative estimate of drug-likeness (QED) is 0.384. The Labute approximate surface area is 77.4 Å². The van der Waals surface area contributed by atoms with Crippen molar-refractivity contribution in [3.63, 3.8) is 0 Å². The van der Waals surface area contributed by atoms with Crippen LogP contribution in [0.2, 0.25) is 0 Å². The van der Waals surface area contributed by atoms with Crippen molar-refractivity contribution < 1.29 is 4.79 Å². The SMILES string of the molecule is CC(C)C(=O)C1(N)CC1N=C(N)N. The minimum absolute atomic E-state index is 0.00567. The van der Waals surface area contributed by atoms with Crippen molar-refractivity contribution in [2.75, 3.05) is 0 Å². The van der Waals surface area contributed by atoms with Crippen LogP contribution in [-0.4, -0.2) is 23.3 Å². The average Bonchev–Trinajstić information content (AvgIpc) is 2.60. The van der Waals surface area contributed by atoms with Gasteiger partial charge in [-0.3, -0.25) is 4.79 Å². The lowest BCUT2D eigenvalue weighted by atomic mass is 10.0. The lowest BCUT2D eigenvalue weighted by molar-refractivity contribution is -0.124. The molecule has 5 nitrogen and oxygen atoms in total. The molecule has 0 saturated heterocycles. The fourth-order valence-electron chi connectivity index (χ4n) is 1.40. The van der Waals surface area contributed by atoms with E-state index in [1.165, 1.54) is 0 Å². The Morgan fingerprint density at radius 2 is 2.08 bits per heavy atom. The third-order valence-electron chi connectivity index (χ3n) is 2.25. The van der Waals surface area contributed by atoms with Crippen molar-refractivity contribution in [3.8, 4) is 0 Å². The van der Waals surface area contributed by atoms with Crippen molar-refractivity contribution in [2.45, 2.75) is 31.8 Å². The van der Waals surface area contributed by atoms with E-state index in [0.29, 0.717) is 6.42 Å². The van der Waals surface area contributed by atoms with Gasteiger partial charge in [0.05, 0.1) is 6.04 Å². The molecule has 0 radical (unpaired) electrons. The summed E-state index contributed by atoms with van der Waals surface area (Å²) >= 11 is 0. The van der Waals surface area contributed by atoms with Crippen LogP contribution in [0.3, 0.4) is 0 Å². The molecule has 74 valence electrons. The number of Topliss-reactive ketones (excluding diaryl/α,β-unsaturated/α-hetero) is 1. The molecule has 0 bridgehead atoms. The minimum atomic E-state index is -0.807. The van der Waals surface area contributed by atoms with Gasteiger partial charge in [-0.05, 0) is 6.42 Å². The Morgan fingerprint density at radius 1 is 1.54 bits per heavy atom. The lowest BCUT2D eigenvalue weighted by Crippen LogP contribution is -2.40. The Balaban J connectivity index is 2.65. The predicted molar refractivity (Wildman–Crippen MR) is 51.0 cm³/mol. The van der Waals surface area contributed by atoms with Crippen LogP contribution >= 0.6 is 0 Å². The molecule has 2 unspecified atom stereocenters. The van der Waals surface area contributed by atoms with Crippen molar-refractivity contribution in [3.05, 3.63) is 0 Å². The summed E-state index contributed by atoms with van der Waals surface area (Å²) < 4.78 is 0. The van der Waals surface area contributed by atoms with E-state index in [2.05, 4.69) is 4.99 Å². The summed E-state index contributed by atoms with van der Waals surface area (Å²) in [7, 11) is 0. The molecule has 6 N–H and O–H groups in total. The van der Waals surface area contributed by atoms with Gasteiger partial charge in [0, 0.05) is 5.92 Å². The second-order valence-electron chi connectivity index (χ2n) is 3.83. The van der Waals surface area contributed by atoms with Gasteiger partial charge in [-0.15, -0.1) is 0 Å². The standard InChI is InChI=1S/C8H16N4O/c1-4(2)6(13)8(11)3-5(8)12-7(9)10/h4-5H,3,11H2,1-2H3,(H4,9,10,12).